The maximum Gasteiger partial charge on any atom is 0.344 e. The van der Waals surface area contributed by atoms with E-state index in [0.29, 0.717) is 12.0 Å². The monoisotopic (exact) mass is 361 g/mol. The molecule has 0 radical (unpaired) electrons. The predicted octanol–water partition coefficient (Wildman–Crippen LogP) is 2.15. The first-order chi connectivity index (χ1) is 12.0. The molecule has 0 atom stereocenters. The Kier molecular flexibility index (Phi) is 5.22. The van der Waals surface area contributed by atoms with Crippen LogP contribution >= 0.6 is 0 Å². The molecule has 1 saturated heterocycles. The van der Waals surface area contributed by atoms with Gasteiger partial charge in [0.15, 0.2) is 0 Å². The lowest BCUT2D eigenvalue weighted by Gasteiger charge is -2.30. The molecule has 134 valence electrons. The Hall–Kier alpha value is -2.15. The van der Waals surface area contributed by atoms with Gasteiger partial charge in [0.25, 0.3) is 5.91 Å². The van der Waals surface area contributed by atoms with Crippen LogP contribution in [-0.4, -0.2) is 48.9 Å². The summed E-state index contributed by atoms with van der Waals surface area (Å²) in [5, 5.41) is 0. The molecule has 25 heavy (non-hydrogen) atoms. The second kappa shape index (κ2) is 7.39. The SMILES string of the molecule is CC1=NS(=O)(=O)N(CCc2ccccc2)C=C1C(=O)N1CCCCC1. The highest BCUT2D eigenvalue weighted by Crippen LogP contribution is 2.20. The number of amides is 1. The minimum absolute atomic E-state index is 0.124. The zero-order chi connectivity index (χ0) is 17.9. The zero-order valence-corrected chi connectivity index (χ0v) is 15.2. The third-order valence-corrected chi connectivity index (χ3v) is 5.93. The van der Waals surface area contributed by atoms with Crippen LogP contribution in [0.25, 0.3) is 0 Å². The number of carbonyl (C=O) groups is 1. The van der Waals surface area contributed by atoms with Crippen molar-refractivity contribution in [3.8, 4) is 0 Å². The largest absolute Gasteiger partial charge is 0.344 e. The van der Waals surface area contributed by atoms with Gasteiger partial charge in [-0.2, -0.15) is 8.42 Å². The first-order valence-electron chi connectivity index (χ1n) is 8.61. The molecule has 3 rings (SSSR count). The predicted molar refractivity (Wildman–Crippen MR) is 97.4 cm³/mol. The van der Waals surface area contributed by atoms with Crippen molar-refractivity contribution in [2.24, 2.45) is 4.40 Å². The average molecular weight is 361 g/mol. The molecule has 1 aromatic rings. The number of likely N-dealkylation sites (tertiary alicyclic amines) is 1. The van der Waals surface area contributed by atoms with E-state index < -0.39 is 10.2 Å². The molecule has 0 bridgehead atoms. The number of piperidine rings is 1. The summed E-state index contributed by atoms with van der Waals surface area (Å²) in [6, 6.07) is 9.67. The molecule has 1 amide bonds. The average Bonchev–Trinajstić information content (AvgIpc) is 2.61. The van der Waals surface area contributed by atoms with Crippen LogP contribution in [0.4, 0.5) is 0 Å². The maximum absolute atomic E-state index is 12.7. The Labute approximate surface area is 149 Å². The number of rotatable bonds is 4. The lowest BCUT2D eigenvalue weighted by atomic mass is 10.1. The molecule has 0 unspecified atom stereocenters. The van der Waals surface area contributed by atoms with E-state index in [4.69, 9.17) is 0 Å². The molecule has 6 nitrogen and oxygen atoms in total. The highest BCUT2D eigenvalue weighted by molar-refractivity contribution is 7.88. The van der Waals surface area contributed by atoms with Gasteiger partial charge < -0.3 is 4.90 Å². The molecule has 0 aliphatic carbocycles. The zero-order valence-electron chi connectivity index (χ0n) is 14.4. The van der Waals surface area contributed by atoms with Gasteiger partial charge in [0.1, 0.15) is 0 Å². The molecule has 0 saturated carbocycles. The Bertz CT molecular complexity index is 794. The van der Waals surface area contributed by atoms with Gasteiger partial charge in [-0.15, -0.1) is 4.40 Å². The quantitative estimate of drug-likeness (QED) is 0.825. The second-order valence-electron chi connectivity index (χ2n) is 6.40. The van der Waals surface area contributed by atoms with E-state index in [-0.39, 0.29) is 18.2 Å². The van der Waals surface area contributed by atoms with E-state index in [1.54, 1.807) is 11.8 Å². The molecule has 0 spiro atoms. The second-order valence-corrected chi connectivity index (χ2v) is 7.94. The third-order valence-electron chi connectivity index (χ3n) is 4.55. The van der Waals surface area contributed by atoms with E-state index in [0.717, 1.165) is 37.9 Å². The van der Waals surface area contributed by atoms with E-state index in [1.807, 2.05) is 30.3 Å². The fourth-order valence-electron chi connectivity index (χ4n) is 3.12. The van der Waals surface area contributed by atoms with E-state index >= 15 is 0 Å². The summed E-state index contributed by atoms with van der Waals surface area (Å²) in [6.07, 6.45) is 5.14. The summed E-state index contributed by atoms with van der Waals surface area (Å²) in [4.78, 5) is 14.5. The van der Waals surface area contributed by atoms with Crippen LogP contribution < -0.4 is 0 Å². The Balaban J connectivity index is 1.78. The summed E-state index contributed by atoms with van der Waals surface area (Å²) in [5.74, 6) is -0.124. The number of hydrogen-bond donors (Lipinski definition) is 0. The van der Waals surface area contributed by atoms with Gasteiger partial charge in [0, 0.05) is 25.8 Å². The first kappa shape index (κ1) is 17.7. The Morgan fingerprint density at radius 3 is 2.48 bits per heavy atom. The molecule has 0 aromatic heterocycles. The van der Waals surface area contributed by atoms with Gasteiger partial charge >= 0.3 is 10.2 Å². The summed E-state index contributed by atoms with van der Waals surface area (Å²) in [7, 11) is -3.77. The molecule has 0 N–H and O–H groups in total. The maximum atomic E-state index is 12.7. The number of benzene rings is 1. The van der Waals surface area contributed by atoms with Crippen molar-refractivity contribution in [3.63, 3.8) is 0 Å². The fraction of sp³-hybridized carbons (Fsp3) is 0.444. The van der Waals surface area contributed by atoms with Crippen molar-refractivity contribution in [2.75, 3.05) is 19.6 Å². The highest BCUT2D eigenvalue weighted by atomic mass is 32.2. The summed E-state index contributed by atoms with van der Waals surface area (Å²) in [5.41, 5.74) is 1.69. The molecular weight excluding hydrogens is 338 g/mol. The van der Waals surface area contributed by atoms with E-state index in [9.17, 15) is 13.2 Å². The van der Waals surface area contributed by atoms with Gasteiger partial charge in [0.05, 0.1) is 11.3 Å². The minimum Gasteiger partial charge on any atom is -0.339 e. The van der Waals surface area contributed by atoms with Gasteiger partial charge in [0.2, 0.25) is 0 Å². The van der Waals surface area contributed by atoms with Crippen LogP contribution in [0.3, 0.4) is 0 Å². The van der Waals surface area contributed by atoms with Crippen molar-refractivity contribution in [1.82, 2.24) is 9.21 Å². The van der Waals surface area contributed by atoms with Crippen molar-refractivity contribution >= 4 is 21.8 Å². The van der Waals surface area contributed by atoms with Gasteiger partial charge in [-0.1, -0.05) is 30.3 Å². The number of hydrogen-bond acceptors (Lipinski definition) is 3. The van der Waals surface area contributed by atoms with Crippen molar-refractivity contribution in [1.29, 1.82) is 0 Å². The lowest BCUT2D eigenvalue weighted by molar-refractivity contribution is -0.127. The van der Waals surface area contributed by atoms with E-state index in [2.05, 4.69) is 4.40 Å². The van der Waals surface area contributed by atoms with E-state index in [1.165, 1.54) is 10.5 Å². The minimum atomic E-state index is -3.77. The van der Waals surface area contributed by atoms with Crippen LogP contribution in [0.15, 0.2) is 46.5 Å². The standard InChI is InChI=1S/C18H23N3O3S/c1-15-17(18(22)20-11-6-3-7-12-20)14-21(25(23,24)19-15)13-10-16-8-4-2-5-9-16/h2,4-5,8-9,14H,3,6-7,10-13H2,1H3. The van der Waals surface area contributed by atoms with Gasteiger partial charge in [-0.3, -0.25) is 9.10 Å². The van der Waals surface area contributed by atoms with Crippen LogP contribution in [0.1, 0.15) is 31.7 Å². The summed E-state index contributed by atoms with van der Waals surface area (Å²) < 4.78 is 29.6. The lowest BCUT2D eigenvalue weighted by Crippen LogP contribution is -2.41. The Morgan fingerprint density at radius 1 is 1.12 bits per heavy atom. The molecule has 1 aromatic carbocycles. The number of nitrogens with zero attached hydrogens (tertiary/aromatic N) is 3. The van der Waals surface area contributed by atoms with Gasteiger partial charge in [-0.05, 0) is 38.2 Å². The smallest absolute Gasteiger partial charge is 0.339 e. The highest BCUT2D eigenvalue weighted by Gasteiger charge is 2.30. The van der Waals surface area contributed by atoms with Crippen LogP contribution in [0.5, 0.6) is 0 Å². The molecule has 2 aliphatic heterocycles. The molecule has 2 heterocycles. The molecular formula is C18H23N3O3S. The molecule has 7 heteroatoms. The van der Waals surface area contributed by atoms with Crippen LogP contribution in [-0.2, 0) is 21.4 Å². The van der Waals surface area contributed by atoms with Crippen molar-refractivity contribution < 1.29 is 13.2 Å². The topological polar surface area (TPSA) is 70.0 Å². The molecule has 2 aliphatic rings. The number of carbonyl (C=O) groups excluding carboxylic acids is 1. The normalized spacial score (nSPS) is 20.0. The summed E-state index contributed by atoms with van der Waals surface area (Å²) >= 11 is 0. The Morgan fingerprint density at radius 2 is 1.80 bits per heavy atom. The van der Waals surface area contributed by atoms with Crippen molar-refractivity contribution in [3.05, 3.63) is 47.7 Å². The third kappa shape index (κ3) is 4.10. The van der Waals surface area contributed by atoms with Gasteiger partial charge in [-0.25, -0.2) is 0 Å². The van der Waals surface area contributed by atoms with Crippen LogP contribution in [0.2, 0.25) is 0 Å². The first-order valence-corrected chi connectivity index (χ1v) is 10.0. The molecule has 1 fully saturated rings. The summed E-state index contributed by atoms with van der Waals surface area (Å²) in [6.45, 7) is 3.29. The van der Waals surface area contributed by atoms with Crippen molar-refractivity contribution in [2.45, 2.75) is 32.6 Å². The fourth-order valence-corrected chi connectivity index (χ4v) is 4.23. The van der Waals surface area contributed by atoms with Crippen LogP contribution in [0, 0.1) is 0 Å².